The molecule has 1 atom stereocenters. The van der Waals surface area contributed by atoms with E-state index in [4.69, 9.17) is 0 Å². The molecule has 1 aliphatic heterocycles. The topological polar surface area (TPSA) is 78.9 Å². The van der Waals surface area contributed by atoms with Crippen molar-refractivity contribution < 1.29 is 4.79 Å². The number of nitrogens with zero attached hydrogens (tertiary/aromatic N) is 1. The Morgan fingerprint density at radius 3 is 3.05 bits per heavy atom. The summed E-state index contributed by atoms with van der Waals surface area (Å²) in [6, 6.07) is 7.39. The molecule has 0 saturated carbocycles. The van der Waals surface area contributed by atoms with E-state index in [1.807, 2.05) is 24.3 Å². The molecule has 3 N–H and O–H groups in total. The summed E-state index contributed by atoms with van der Waals surface area (Å²) in [5, 5.41) is 6.21. The molecule has 2 aromatic rings. The van der Waals surface area contributed by atoms with Gasteiger partial charge in [-0.2, -0.15) is 0 Å². The van der Waals surface area contributed by atoms with Crippen molar-refractivity contribution in [2.24, 2.45) is 5.92 Å². The fourth-order valence-electron chi connectivity index (χ4n) is 2.84. The Labute approximate surface area is 122 Å². The van der Waals surface area contributed by atoms with Gasteiger partial charge in [0.1, 0.15) is 6.54 Å². The summed E-state index contributed by atoms with van der Waals surface area (Å²) in [5.74, 6) is 0.536. The van der Waals surface area contributed by atoms with Crippen LogP contribution in [0.3, 0.4) is 0 Å². The summed E-state index contributed by atoms with van der Waals surface area (Å²) in [5.41, 5.74) is 1.27. The predicted molar refractivity (Wildman–Crippen MR) is 81.2 cm³/mol. The lowest BCUT2D eigenvalue weighted by Crippen LogP contribution is -2.32. The molecule has 1 fully saturated rings. The van der Waals surface area contributed by atoms with Crippen LogP contribution in [0.5, 0.6) is 0 Å². The summed E-state index contributed by atoms with van der Waals surface area (Å²) in [6.07, 6.45) is 2.17. The molecule has 1 amide bonds. The maximum Gasteiger partial charge on any atom is 0.326 e. The fraction of sp³-hybridized carbons (Fsp3) is 0.467. The van der Waals surface area contributed by atoms with E-state index in [-0.39, 0.29) is 18.1 Å². The minimum atomic E-state index is -0.244. The number of nitrogens with one attached hydrogen (secondary N) is 3. The third-order valence-electron chi connectivity index (χ3n) is 4.02. The van der Waals surface area contributed by atoms with Crippen LogP contribution in [0, 0.1) is 5.92 Å². The second kappa shape index (κ2) is 6.13. The average Bonchev–Trinajstić information content (AvgIpc) is 3.08. The lowest BCUT2D eigenvalue weighted by molar-refractivity contribution is -0.121. The number of aromatic amines is 1. The second-order valence-electron chi connectivity index (χ2n) is 5.53. The van der Waals surface area contributed by atoms with E-state index < -0.39 is 0 Å². The highest BCUT2D eigenvalue weighted by Gasteiger charge is 2.15. The predicted octanol–water partition coefficient (Wildman–Crippen LogP) is 0.445. The normalized spacial score (nSPS) is 18.2. The van der Waals surface area contributed by atoms with Gasteiger partial charge < -0.3 is 15.6 Å². The van der Waals surface area contributed by atoms with Crippen molar-refractivity contribution in [2.75, 3.05) is 19.6 Å². The smallest absolute Gasteiger partial charge is 0.326 e. The average molecular weight is 288 g/mol. The summed E-state index contributed by atoms with van der Waals surface area (Å²) in [6.45, 7) is 2.84. The van der Waals surface area contributed by atoms with Crippen LogP contribution in [-0.2, 0) is 11.3 Å². The summed E-state index contributed by atoms with van der Waals surface area (Å²) in [7, 11) is 0. The molecular formula is C15H20N4O2. The molecule has 1 aromatic carbocycles. The largest absolute Gasteiger partial charge is 0.355 e. The molecule has 0 radical (unpaired) electrons. The van der Waals surface area contributed by atoms with Gasteiger partial charge in [0.2, 0.25) is 5.91 Å². The van der Waals surface area contributed by atoms with E-state index in [9.17, 15) is 9.59 Å². The van der Waals surface area contributed by atoms with Gasteiger partial charge in [-0.3, -0.25) is 9.36 Å². The number of benzene rings is 1. The molecule has 21 heavy (non-hydrogen) atoms. The van der Waals surface area contributed by atoms with Crippen molar-refractivity contribution in [1.82, 2.24) is 20.2 Å². The molecule has 1 unspecified atom stereocenters. The highest BCUT2D eigenvalue weighted by Crippen LogP contribution is 2.11. The summed E-state index contributed by atoms with van der Waals surface area (Å²) >= 11 is 0. The molecule has 112 valence electrons. The van der Waals surface area contributed by atoms with E-state index in [0.29, 0.717) is 12.5 Å². The first-order valence-electron chi connectivity index (χ1n) is 7.39. The third-order valence-corrected chi connectivity index (χ3v) is 4.02. The number of aromatic nitrogens is 2. The maximum absolute atomic E-state index is 12.0. The van der Waals surface area contributed by atoms with Crippen molar-refractivity contribution in [3.8, 4) is 0 Å². The van der Waals surface area contributed by atoms with Crippen LogP contribution in [-0.4, -0.2) is 35.1 Å². The minimum Gasteiger partial charge on any atom is -0.355 e. The van der Waals surface area contributed by atoms with Gasteiger partial charge in [-0.1, -0.05) is 12.1 Å². The van der Waals surface area contributed by atoms with Crippen LogP contribution >= 0.6 is 0 Å². The van der Waals surface area contributed by atoms with Crippen LogP contribution in [0.25, 0.3) is 11.0 Å². The van der Waals surface area contributed by atoms with Gasteiger partial charge in [-0.05, 0) is 44.0 Å². The highest BCUT2D eigenvalue weighted by molar-refractivity contribution is 5.80. The third kappa shape index (κ3) is 3.16. The van der Waals surface area contributed by atoms with Crippen LogP contribution < -0.4 is 16.3 Å². The molecule has 0 aliphatic carbocycles. The number of carbonyl (C=O) groups is 1. The van der Waals surface area contributed by atoms with Crippen molar-refractivity contribution >= 4 is 16.9 Å². The zero-order valence-electron chi connectivity index (χ0n) is 11.9. The molecule has 6 heteroatoms. The van der Waals surface area contributed by atoms with Gasteiger partial charge in [0.05, 0.1) is 11.0 Å². The Balaban J connectivity index is 1.58. The number of rotatable bonds is 5. The molecular weight excluding hydrogens is 268 g/mol. The number of carbonyl (C=O) groups excluding carboxylic acids is 1. The van der Waals surface area contributed by atoms with Crippen molar-refractivity contribution in [2.45, 2.75) is 19.4 Å². The van der Waals surface area contributed by atoms with Gasteiger partial charge in [0, 0.05) is 6.54 Å². The van der Waals surface area contributed by atoms with Crippen LogP contribution in [0.15, 0.2) is 29.1 Å². The summed E-state index contributed by atoms with van der Waals surface area (Å²) < 4.78 is 1.47. The Hall–Kier alpha value is -2.08. The van der Waals surface area contributed by atoms with Gasteiger partial charge in [-0.25, -0.2) is 4.79 Å². The monoisotopic (exact) mass is 288 g/mol. The number of H-pyrrole nitrogens is 1. The molecule has 0 bridgehead atoms. The molecule has 3 rings (SSSR count). The van der Waals surface area contributed by atoms with Gasteiger partial charge in [0.15, 0.2) is 0 Å². The molecule has 0 spiro atoms. The lowest BCUT2D eigenvalue weighted by atomic mass is 10.1. The number of amides is 1. The lowest BCUT2D eigenvalue weighted by Gasteiger charge is -2.09. The van der Waals surface area contributed by atoms with E-state index in [1.165, 1.54) is 11.0 Å². The quantitative estimate of drug-likeness (QED) is 0.747. The molecule has 1 saturated heterocycles. The van der Waals surface area contributed by atoms with Crippen molar-refractivity contribution in [1.29, 1.82) is 0 Å². The van der Waals surface area contributed by atoms with Crippen molar-refractivity contribution in [3.63, 3.8) is 0 Å². The zero-order chi connectivity index (χ0) is 14.7. The van der Waals surface area contributed by atoms with Gasteiger partial charge in [-0.15, -0.1) is 0 Å². The Morgan fingerprint density at radius 2 is 2.24 bits per heavy atom. The van der Waals surface area contributed by atoms with E-state index in [0.717, 1.165) is 30.5 Å². The number of fused-ring (bicyclic) bond motifs is 1. The SMILES string of the molecule is O=C(Cn1c(=O)[nH]c2ccccc21)NCCC1CCNC1. The Bertz CT molecular complexity index is 682. The van der Waals surface area contributed by atoms with Crippen molar-refractivity contribution in [3.05, 3.63) is 34.7 Å². The van der Waals surface area contributed by atoms with E-state index in [2.05, 4.69) is 15.6 Å². The number of imidazole rings is 1. The van der Waals surface area contributed by atoms with Crippen LogP contribution in [0.1, 0.15) is 12.8 Å². The standard InChI is InChI=1S/C15H20N4O2/c20-14(17-8-6-11-5-7-16-9-11)10-19-13-4-2-1-3-12(13)18-15(19)21/h1-4,11,16H,5-10H2,(H,17,20)(H,18,21). The second-order valence-corrected chi connectivity index (χ2v) is 5.53. The first-order valence-corrected chi connectivity index (χ1v) is 7.39. The molecule has 1 aromatic heterocycles. The Morgan fingerprint density at radius 1 is 1.38 bits per heavy atom. The minimum absolute atomic E-state index is 0.0613. The van der Waals surface area contributed by atoms with E-state index >= 15 is 0 Å². The molecule has 6 nitrogen and oxygen atoms in total. The number of para-hydroxylation sites is 2. The number of hydrogen-bond acceptors (Lipinski definition) is 3. The molecule has 1 aliphatic rings. The molecule has 2 heterocycles. The van der Waals surface area contributed by atoms with E-state index in [1.54, 1.807) is 0 Å². The summed E-state index contributed by atoms with van der Waals surface area (Å²) in [4.78, 5) is 26.6. The maximum atomic E-state index is 12.0. The van der Waals surface area contributed by atoms with Gasteiger partial charge in [0.25, 0.3) is 0 Å². The first-order chi connectivity index (χ1) is 10.2. The zero-order valence-corrected chi connectivity index (χ0v) is 11.9. The Kier molecular flexibility index (Phi) is 4.06. The fourth-order valence-corrected chi connectivity index (χ4v) is 2.84. The number of hydrogen-bond donors (Lipinski definition) is 3. The van der Waals surface area contributed by atoms with Crippen LogP contribution in [0.2, 0.25) is 0 Å². The van der Waals surface area contributed by atoms with Gasteiger partial charge >= 0.3 is 5.69 Å². The first kappa shape index (κ1) is 13.9. The highest BCUT2D eigenvalue weighted by atomic mass is 16.2. The van der Waals surface area contributed by atoms with Crippen LogP contribution in [0.4, 0.5) is 0 Å².